The van der Waals surface area contributed by atoms with E-state index in [-0.39, 0.29) is 70.4 Å². The summed E-state index contributed by atoms with van der Waals surface area (Å²) in [6, 6.07) is 42.4. The quantitative estimate of drug-likeness (QED) is 0.0577. The molecule has 0 aliphatic heterocycles. The van der Waals surface area contributed by atoms with Crippen LogP contribution >= 0.6 is 0 Å². The summed E-state index contributed by atoms with van der Waals surface area (Å²) in [5.74, 6) is -1.96. The van der Waals surface area contributed by atoms with Crippen LogP contribution in [0.5, 0.6) is 69.0 Å². The second-order valence-corrected chi connectivity index (χ2v) is 25.4. The van der Waals surface area contributed by atoms with Gasteiger partial charge in [-0.3, -0.25) is 0 Å². The van der Waals surface area contributed by atoms with Gasteiger partial charge in [0.25, 0.3) is 0 Å². The maximum Gasteiger partial charge on any atom is 0.127 e. The summed E-state index contributed by atoms with van der Waals surface area (Å²) in [7, 11) is 0. The van der Waals surface area contributed by atoms with E-state index >= 15 is 0 Å². The maximum absolute atomic E-state index is 13.2. The van der Waals surface area contributed by atoms with Crippen LogP contribution in [-0.4, -0.2) is 65.3 Å². The van der Waals surface area contributed by atoms with E-state index in [0.717, 1.165) is 128 Å². The molecule has 5 aliphatic carbocycles. The third-order valence-electron chi connectivity index (χ3n) is 19.4. The lowest BCUT2D eigenvalue weighted by atomic mass is 9.75. The largest absolute Gasteiger partial charge is 0.508 e. The zero-order chi connectivity index (χ0) is 60.4. The first kappa shape index (κ1) is 58.4. The molecule has 0 spiro atoms. The molecular formula is C76H80O12. The molecular weight excluding hydrogens is 1100 g/mol. The molecule has 8 aromatic rings. The average Bonchev–Trinajstić information content (AvgIpc) is 0.894. The van der Waals surface area contributed by atoms with Crippen molar-refractivity contribution in [2.75, 3.05) is 0 Å². The van der Waals surface area contributed by atoms with E-state index in [1.807, 2.05) is 72.8 Å². The van der Waals surface area contributed by atoms with Crippen molar-refractivity contribution in [1.82, 2.24) is 0 Å². The van der Waals surface area contributed by atoms with Crippen molar-refractivity contribution in [1.29, 1.82) is 0 Å². The van der Waals surface area contributed by atoms with Crippen LogP contribution in [0.3, 0.4) is 0 Å². The van der Waals surface area contributed by atoms with E-state index in [1.165, 1.54) is 0 Å². The van der Waals surface area contributed by atoms with Crippen LogP contribution in [0, 0.1) is 0 Å². The van der Waals surface area contributed by atoms with E-state index in [9.17, 15) is 40.9 Å². The highest BCUT2D eigenvalue weighted by molar-refractivity contribution is 5.68. The first-order valence-electron chi connectivity index (χ1n) is 32.2. The SMILES string of the molecule is Oc1ccc(C2c3cc(c(OC4CCCCC4)cc3O)C(c3ccc(O)cc3)c3cc(c(OC4CCCCC4)cc3O)C(c3ccc(O)cc3)c3cc(c(OC4CCCCC4)cc3O)C(c3ccc(O)cc3)c3cc2c(OC2CCCCC2)cc3O)cc1. The van der Waals surface area contributed by atoms with Gasteiger partial charge in [0.15, 0.2) is 0 Å². The van der Waals surface area contributed by atoms with E-state index in [2.05, 4.69) is 0 Å². The number of aromatic hydroxyl groups is 8. The molecule has 0 heterocycles. The zero-order valence-corrected chi connectivity index (χ0v) is 49.8. The van der Waals surface area contributed by atoms with Crippen molar-refractivity contribution in [2.24, 2.45) is 0 Å². The molecule has 0 amide bonds. The van der Waals surface area contributed by atoms with Gasteiger partial charge in [0, 0.05) is 92.4 Å². The Kier molecular flexibility index (Phi) is 17.0. The van der Waals surface area contributed by atoms with Gasteiger partial charge in [-0.25, -0.2) is 0 Å². The van der Waals surface area contributed by atoms with Gasteiger partial charge >= 0.3 is 0 Å². The molecule has 12 nitrogen and oxygen atoms in total. The Morgan fingerprint density at radius 2 is 0.398 bits per heavy atom. The third kappa shape index (κ3) is 12.3. The van der Waals surface area contributed by atoms with Crippen molar-refractivity contribution in [3.63, 3.8) is 0 Å². The average molecular weight is 1190 g/mol. The second-order valence-electron chi connectivity index (χ2n) is 25.4. The van der Waals surface area contributed by atoms with Crippen LogP contribution in [0.1, 0.15) is 219 Å². The Morgan fingerprint density at radius 1 is 0.216 bits per heavy atom. The normalized spacial score (nSPS) is 20.5. The van der Waals surface area contributed by atoms with Crippen molar-refractivity contribution in [3.8, 4) is 69.0 Å². The van der Waals surface area contributed by atoms with Crippen molar-refractivity contribution >= 4 is 0 Å². The lowest BCUT2D eigenvalue weighted by Crippen LogP contribution is -2.23. The predicted molar refractivity (Wildman–Crippen MR) is 339 cm³/mol. The zero-order valence-electron chi connectivity index (χ0n) is 49.8. The first-order valence-corrected chi connectivity index (χ1v) is 32.2. The van der Waals surface area contributed by atoms with Gasteiger partial charge in [-0.15, -0.1) is 0 Å². The van der Waals surface area contributed by atoms with Crippen LogP contribution in [0.2, 0.25) is 0 Å². The highest BCUT2D eigenvalue weighted by atomic mass is 16.5. The van der Waals surface area contributed by atoms with Gasteiger partial charge < -0.3 is 59.8 Å². The summed E-state index contributed by atoms with van der Waals surface area (Å²) in [4.78, 5) is 0. The van der Waals surface area contributed by atoms with Gasteiger partial charge in [0.05, 0.1) is 24.4 Å². The minimum Gasteiger partial charge on any atom is -0.508 e. The Bertz CT molecular complexity index is 3230. The molecule has 0 aromatic heterocycles. The molecule has 12 heteroatoms. The fourth-order valence-electron chi connectivity index (χ4n) is 14.9. The van der Waals surface area contributed by atoms with Gasteiger partial charge in [-0.1, -0.05) is 74.2 Å². The minimum absolute atomic E-state index is 0.0457. The Balaban J connectivity index is 1.19. The Morgan fingerprint density at radius 3 is 0.580 bits per heavy atom. The molecule has 0 radical (unpaired) electrons. The fourth-order valence-corrected chi connectivity index (χ4v) is 14.9. The summed E-state index contributed by atoms with van der Waals surface area (Å²) in [5, 5.41) is 96.7. The van der Waals surface area contributed by atoms with Gasteiger partial charge in [-0.05, 0) is 198 Å². The number of rotatable bonds is 12. The van der Waals surface area contributed by atoms with Crippen molar-refractivity contribution < 1.29 is 59.8 Å². The molecule has 8 N–H and O–H groups in total. The van der Waals surface area contributed by atoms with Gasteiger partial charge in [-0.2, -0.15) is 0 Å². The van der Waals surface area contributed by atoms with Gasteiger partial charge in [0.2, 0.25) is 0 Å². The highest BCUT2D eigenvalue weighted by Crippen LogP contribution is 2.56. The molecule has 5 aliphatic rings. The fraction of sp³-hybridized carbons (Fsp3) is 0.368. The molecule has 0 saturated heterocycles. The standard InChI is InChI=1S/C76H80O12/c77-49-29-21-45(22-30-49)73-58-38-62(70(42-66(58)82)86-54-15-7-2-8-16-54)75(47-25-33-51(79)34-26-47)60-40-64(72(44-68(60)84)88-56-19-11-4-12-20-56)76(48-27-35-52(80)36-28-48)59-39-63(71(43-67(59)83)87-55-17-9-3-10-18-55)74(46-23-31-50(78)32-24-46)57-37-61(73)69(41-65(57)81)85-53-13-5-1-6-14-53/h21-44,53-56,73-84H,1-20H2. The summed E-state index contributed by atoms with van der Waals surface area (Å²) in [6.45, 7) is 0. The topological polar surface area (TPSA) is 199 Å². The van der Waals surface area contributed by atoms with Gasteiger partial charge in [0.1, 0.15) is 69.0 Å². The number of hydrogen-bond donors (Lipinski definition) is 8. The summed E-state index contributed by atoms with van der Waals surface area (Å²) in [5.41, 5.74) is 6.97. The van der Waals surface area contributed by atoms with Crippen molar-refractivity contribution in [3.05, 3.63) is 212 Å². The van der Waals surface area contributed by atoms with Crippen LogP contribution in [0.15, 0.2) is 146 Å². The predicted octanol–water partition coefficient (Wildman–Crippen LogP) is 17.2. The van der Waals surface area contributed by atoms with E-state index in [4.69, 9.17) is 18.9 Å². The lowest BCUT2D eigenvalue weighted by molar-refractivity contribution is 0.152. The molecule has 4 unspecified atom stereocenters. The van der Waals surface area contributed by atoms with E-state index in [0.29, 0.717) is 89.8 Å². The number of hydrogen-bond acceptors (Lipinski definition) is 12. The summed E-state index contributed by atoms with van der Waals surface area (Å²) in [6.07, 6.45) is 17.8. The maximum atomic E-state index is 13.2. The first-order chi connectivity index (χ1) is 42.9. The molecule has 88 heavy (non-hydrogen) atoms. The highest BCUT2D eigenvalue weighted by Gasteiger charge is 2.38. The molecule has 4 atom stereocenters. The van der Waals surface area contributed by atoms with Crippen LogP contribution < -0.4 is 18.9 Å². The van der Waals surface area contributed by atoms with E-state index in [1.54, 1.807) is 72.8 Å². The summed E-state index contributed by atoms with van der Waals surface area (Å²) < 4.78 is 28.8. The Labute approximate surface area is 515 Å². The third-order valence-corrected chi connectivity index (χ3v) is 19.4. The lowest BCUT2D eigenvalue weighted by Gasteiger charge is -2.33. The number of ether oxygens (including phenoxy) is 4. The van der Waals surface area contributed by atoms with Crippen LogP contribution in [-0.2, 0) is 0 Å². The smallest absolute Gasteiger partial charge is 0.127 e. The molecule has 8 aromatic carbocycles. The van der Waals surface area contributed by atoms with Crippen LogP contribution in [0.25, 0.3) is 0 Å². The monoisotopic (exact) mass is 1180 g/mol. The number of fused-ring (bicyclic) bond motifs is 8. The number of benzene rings is 8. The number of phenols is 8. The van der Waals surface area contributed by atoms with Crippen LogP contribution in [0.4, 0.5) is 0 Å². The molecule has 8 bridgehead atoms. The molecule has 4 saturated carbocycles. The van der Waals surface area contributed by atoms with E-state index < -0.39 is 23.7 Å². The minimum atomic E-state index is -0.863. The second kappa shape index (κ2) is 25.6. The molecule has 456 valence electrons. The summed E-state index contributed by atoms with van der Waals surface area (Å²) >= 11 is 0. The molecule has 13 rings (SSSR count). The Hall–Kier alpha value is -8.64. The molecule has 4 fully saturated rings. The van der Waals surface area contributed by atoms with Crippen molar-refractivity contribution in [2.45, 2.75) is 177 Å². The number of phenolic OH excluding ortho intramolecular Hbond substituents is 8.